The molecule has 0 saturated carbocycles. The van der Waals surface area contributed by atoms with Gasteiger partial charge in [-0.15, -0.1) is 0 Å². The summed E-state index contributed by atoms with van der Waals surface area (Å²) in [5.41, 5.74) is 6.23. The van der Waals surface area contributed by atoms with E-state index in [0.717, 1.165) is 0 Å². The summed E-state index contributed by atoms with van der Waals surface area (Å²) in [4.78, 5) is 24.5. The van der Waals surface area contributed by atoms with Crippen LogP contribution in [0.15, 0.2) is 18.2 Å². The lowest BCUT2D eigenvalue weighted by atomic mass is 10.2. The summed E-state index contributed by atoms with van der Waals surface area (Å²) in [6.07, 6.45) is 0.826. The summed E-state index contributed by atoms with van der Waals surface area (Å²) in [6, 6.07) is 4.59. The smallest absolute Gasteiger partial charge is 0.340 e. The highest BCUT2D eigenvalue weighted by Gasteiger charge is 2.11. The summed E-state index contributed by atoms with van der Waals surface area (Å²) in [7, 11) is 3.37. The number of esters is 1. The first-order chi connectivity index (χ1) is 8.91. The van der Waals surface area contributed by atoms with Crippen LogP contribution in [0.25, 0.3) is 0 Å². The highest BCUT2D eigenvalue weighted by atomic mass is 35.5. The quantitative estimate of drug-likeness (QED) is 0.509. The predicted octanol–water partition coefficient (Wildman–Crippen LogP) is 1.95. The van der Waals surface area contributed by atoms with E-state index >= 15 is 0 Å². The molecule has 0 aliphatic heterocycles. The largest absolute Gasteiger partial charge is 0.462 e. The number of nitrogens with zero attached hydrogens (tertiary/aromatic N) is 1. The SMILES string of the molecule is CN(C)C(=O)CCCOC(=O)c1ccc(Cl)cc1N. The van der Waals surface area contributed by atoms with E-state index in [1.165, 1.54) is 17.0 Å². The first-order valence-electron chi connectivity index (χ1n) is 5.84. The average molecular weight is 285 g/mol. The Morgan fingerprint density at radius 1 is 1.37 bits per heavy atom. The molecule has 0 aliphatic rings. The Hall–Kier alpha value is -1.75. The van der Waals surface area contributed by atoms with E-state index in [1.807, 2.05) is 0 Å². The molecule has 5 nitrogen and oxygen atoms in total. The molecule has 0 aliphatic carbocycles. The van der Waals surface area contributed by atoms with Gasteiger partial charge in [0.1, 0.15) is 0 Å². The maximum atomic E-state index is 11.7. The number of carbonyl (C=O) groups excluding carboxylic acids is 2. The van der Waals surface area contributed by atoms with Gasteiger partial charge in [0.25, 0.3) is 0 Å². The fraction of sp³-hybridized carbons (Fsp3) is 0.385. The molecule has 1 amide bonds. The summed E-state index contributed by atoms with van der Waals surface area (Å²) < 4.78 is 5.05. The molecule has 1 aromatic rings. The second-order valence-electron chi connectivity index (χ2n) is 4.26. The monoisotopic (exact) mass is 284 g/mol. The van der Waals surface area contributed by atoms with Crippen LogP contribution in [-0.4, -0.2) is 37.5 Å². The van der Waals surface area contributed by atoms with Crippen LogP contribution in [0.4, 0.5) is 5.69 Å². The predicted molar refractivity (Wildman–Crippen MR) is 74.1 cm³/mol. The number of hydrogen-bond acceptors (Lipinski definition) is 4. The molecule has 0 saturated heterocycles. The van der Waals surface area contributed by atoms with Crippen LogP contribution in [0.1, 0.15) is 23.2 Å². The van der Waals surface area contributed by atoms with Gasteiger partial charge in [-0.2, -0.15) is 0 Å². The van der Waals surface area contributed by atoms with E-state index in [2.05, 4.69) is 0 Å². The Bertz CT molecular complexity index is 475. The van der Waals surface area contributed by atoms with E-state index in [-0.39, 0.29) is 23.8 Å². The number of hydrogen-bond donors (Lipinski definition) is 1. The Morgan fingerprint density at radius 2 is 2.05 bits per heavy atom. The second kappa shape index (κ2) is 6.99. The topological polar surface area (TPSA) is 72.6 Å². The minimum atomic E-state index is -0.508. The van der Waals surface area contributed by atoms with Gasteiger partial charge in [0.2, 0.25) is 5.91 Å². The summed E-state index contributed by atoms with van der Waals surface area (Å²) in [5.74, 6) is -0.506. The first kappa shape index (κ1) is 15.3. The first-order valence-corrected chi connectivity index (χ1v) is 6.22. The summed E-state index contributed by atoms with van der Waals surface area (Å²) >= 11 is 5.74. The zero-order chi connectivity index (χ0) is 14.4. The van der Waals surface area contributed by atoms with Gasteiger partial charge in [-0.1, -0.05) is 11.6 Å². The van der Waals surface area contributed by atoms with Crippen LogP contribution in [0, 0.1) is 0 Å². The molecule has 0 bridgehead atoms. The Kier molecular flexibility index (Phi) is 5.63. The number of rotatable bonds is 5. The summed E-state index contributed by atoms with van der Waals surface area (Å²) in [5, 5.41) is 0.464. The molecule has 0 fully saturated rings. The Morgan fingerprint density at radius 3 is 2.63 bits per heavy atom. The average Bonchev–Trinajstić information content (AvgIpc) is 2.33. The number of halogens is 1. The van der Waals surface area contributed by atoms with Crippen LogP contribution >= 0.6 is 11.6 Å². The third-order valence-electron chi connectivity index (χ3n) is 2.50. The standard InChI is InChI=1S/C13H17ClN2O3/c1-16(2)12(17)4-3-7-19-13(18)10-6-5-9(14)8-11(10)15/h5-6,8H,3-4,7,15H2,1-2H3. The lowest BCUT2D eigenvalue weighted by molar-refractivity contribution is -0.128. The van der Waals surface area contributed by atoms with Crippen molar-refractivity contribution in [2.45, 2.75) is 12.8 Å². The molecule has 0 spiro atoms. The molecule has 0 atom stereocenters. The number of amides is 1. The van der Waals surface area contributed by atoms with E-state index in [9.17, 15) is 9.59 Å². The van der Waals surface area contributed by atoms with Crippen molar-refractivity contribution in [3.8, 4) is 0 Å². The minimum Gasteiger partial charge on any atom is -0.462 e. The lowest BCUT2D eigenvalue weighted by Crippen LogP contribution is -2.21. The van der Waals surface area contributed by atoms with Crippen molar-refractivity contribution >= 4 is 29.2 Å². The Labute approximate surface area is 117 Å². The van der Waals surface area contributed by atoms with Crippen molar-refractivity contribution in [3.63, 3.8) is 0 Å². The van der Waals surface area contributed by atoms with Gasteiger partial charge in [-0.05, 0) is 24.6 Å². The number of anilines is 1. The van der Waals surface area contributed by atoms with Gasteiger partial charge < -0.3 is 15.4 Å². The highest BCUT2D eigenvalue weighted by molar-refractivity contribution is 6.31. The summed E-state index contributed by atoms with van der Waals surface area (Å²) in [6.45, 7) is 0.181. The fourth-order valence-electron chi connectivity index (χ4n) is 1.41. The van der Waals surface area contributed by atoms with Gasteiger partial charge in [0, 0.05) is 31.2 Å². The zero-order valence-electron chi connectivity index (χ0n) is 11.0. The van der Waals surface area contributed by atoms with Crippen molar-refractivity contribution in [3.05, 3.63) is 28.8 Å². The van der Waals surface area contributed by atoms with Gasteiger partial charge in [0.05, 0.1) is 12.2 Å². The van der Waals surface area contributed by atoms with Crippen molar-refractivity contribution in [1.82, 2.24) is 4.90 Å². The third kappa shape index (κ3) is 4.79. The molecule has 0 radical (unpaired) electrons. The van der Waals surface area contributed by atoms with Crippen LogP contribution < -0.4 is 5.73 Å². The van der Waals surface area contributed by atoms with Crippen molar-refractivity contribution in [2.75, 3.05) is 26.4 Å². The van der Waals surface area contributed by atoms with Crippen LogP contribution in [-0.2, 0) is 9.53 Å². The van der Waals surface area contributed by atoms with Crippen LogP contribution in [0.5, 0.6) is 0 Å². The molecule has 104 valence electrons. The molecule has 1 rings (SSSR count). The molecular weight excluding hydrogens is 268 g/mol. The van der Waals surface area contributed by atoms with E-state index < -0.39 is 5.97 Å². The number of carbonyl (C=O) groups is 2. The van der Waals surface area contributed by atoms with Gasteiger partial charge in [0.15, 0.2) is 0 Å². The third-order valence-corrected chi connectivity index (χ3v) is 2.74. The minimum absolute atomic E-state index is 0.00190. The van der Waals surface area contributed by atoms with Gasteiger partial charge >= 0.3 is 5.97 Å². The normalized spacial score (nSPS) is 10.1. The fourth-order valence-corrected chi connectivity index (χ4v) is 1.59. The number of ether oxygens (including phenoxy) is 1. The number of nitrogens with two attached hydrogens (primary N) is 1. The van der Waals surface area contributed by atoms with Crippen molar-refractivity contribution in [2.24, 2.45) is 0 Å². The lowest BCUT2D eigenvalue weighted by Gasteiger charge is -2.10. The zero-order valence-corrected chi connectivity index (χ0v) is 11.7. The van der Waals surface area contributed by atoms with Gasteiger partial charge in [-0.3, -0.25) is 4.79 Å². The highest BCUT2D eigenvalue weighted by Crippen LogP contribution is 2.18. The maximum absolute atomic E-state index is 11.7. The van der Waals surface area contributed by atoms with E-state index in [0.29, 0.717) is 17.9 Å². The molecule has 2 N–H and O–H groups in total. The van der Waals surface area contributed by atoms with E-state index in [4.69, 9.17) is 22.1 Å². The van der Waals surface area contributed by atoms with E-state index in [1.54, 1.807) is 20.2 Å². The van der Waals surface area contributed by atoms with Crippen molar-refractivity contribution in [1.29, 1.82) is 0 Å². The molecule has 19 heavy (non-hydrogen) atoms. The molecule has 0 aromatic heterocycles. The Balaban J connectivity index is 2.41. The molecule has 0 heterocycles. The van der Waals surface area contributed by atoms with Crippen LogP contribution in [0.2, 0.25) is 5.02 Å². The molecule has 1 aromatic carbocycles. The number of benzene rings is 1. The molecule has 6 heteroatoms. The van der Waals surface area contributed by atoms with Crippen LogP contribution in [0.3, 0.4) is 0 Å². The van der Waals surface area contributed by atoms with Crippen molar-refractivity contribution < 1.29 is 14.3 Å². The number of nitrogen functional groups attached to an aromatic ring is 1. The molecular formula is C13H17ClN2O3. The second-order valence-corrected chi connectivity index (χ2v) is 4.70. The molecule has 0 unspecified atom stereocenters. The maximum Gasteiger partial charge on any atom is 0.340 e. The van der Waals surface area contributed by atoms with Gasteiger partial charge in [-0.25, -0.2) is 4.79 Å².